The molecule has 1 saturated carbocycles. The van der Waals surface area contributed by atoms with Crippen LogP contribution in [0.5, 0.6) is 0 Å². The van der Waals surface area contributed by atoms with Crippen molar-refractivity contribution in [1.82, 2.24) is 10.2 Å². The monoisotopic (exact) mass is 198 g/mol. The third kappa shape index (κ3) is 3.58. The summed E-state index contributed by atoms with van der Waals surface area (Å²) in [7, 11) is 0. The molecule has 0 aromatic heterocycles. The van der Waals surface area contributed by atoms with E-state index in [1.54, 1.807) is 0 Å². The standard InChI is InChI=1S/C12H26N2/c1-5-13-10(3)9-11(4)14(6-2)12-7-8-12/h10-13H,5-9H2,1-4H3. The van der Waals surface area contributed by atoms with Crippen LogP contribution >= 0.6 is 0 Å². The SMILES string of the molecule is CCNC(C)CC(C)N(CC)C1CC1. The van der Waals surface area contributed by atoms with Gasteiger partial charge in [-0.25, -0.2) is 0 Å². The zero-order valence-electron chi connectivity index (χ0n) is 10.2. The van der Waals surface area contributed by atoms with Crippen molar-refractivity contribution in [2.75, 3.05) is 13.1 Å². The molecule has 0 aliphatic heterocycles. The predicted molar refractivity (Wildman–Crippen MR) is 62.6 cm³/mol. The van der Waals surface area contributed by atoms with Gasteiger partial charge in [-0.15, -0.1) is 0 Å². The highest BCUT2D eigenvalue weighted by molar-refractivity contribution is 4.87. The summed E-state index contributed by atoms with van der Waals surface area (Å²) in [6, 6.07) is 2.30. The summed E-state index contributed by atoms with van der Waals surface area (Å²) < 4.78 is 0. The molecule has 0 aromatic carbocycles. The van der Waals surface area contributed by atoms with Crippen LogP contribution < -0.4 is 5.32 Å². The molecule has 2 atom stereocenters. The van der Waals surface area contributed by atoms with E-state index >= 15 is 0 Å². The maximum atomic E-state index is 3.49. The van der Waals surface area contributed by atoms with E-state index in [1.807, 2.05) is 0 Å². The second-order valence-electron chi connectivity index (χ2n) is 4.61. The molecule has 0 heterocycles. The Hall–Kier alpha value is -0.0800. The predicted octanol–water partition coefficient (Wildman–Crippen LogP) is 2.25. The van der Waals surface area contributed by atoms with Crippen molar-refractivity contribution < 1.29 is 0 Å². The molecule has 0 radical (unpaired) electrons. The molecule has 2 heteroatoms. The molecule has 2 nitrogen and oxygen atoms in total. The highest BCUT2D eigenvalue weighted by atomic mass is 15.2. The minimum absolute atomic E-state index is 0.655. The minimum atomic E-state index is 0.655. The van der Waals surface area contributed by atoms with Gasteiger partial charge in [-0.1, -0.05) is 13.8 Å². The van der Waals surface area contributed by atoms with E-state index in [9.17, 15) is 0 Å². The van der Waals surface area contributed by atoms with Gasteiger partial charge in [-0.2, -0.15) is 0 Å². The number of hydrogen-bond donors (Lipinski definition) is 1. The van der Waals surface area contributed by atoms with Crippen molar-refractivity contribution in [2.45, 2.75) is 65.1 Å². The minimum Gasteiger partial charge on any atom is -0.314 e. The van der Waals surface area contributed by atoms with Crippen LogP contribution in [0.2, 0.25) is 0 Å². The summed E-state index contributed by atoms with van der Waals surface area (Å²) in [4.78, 5) is 2.66. The number of nitrogens with zero attached hydrogens (tertiary/aromatic N) is 1. The molecular formula is C12H26N2. The normalized spacial score (nSPS) is 21.2. The highest BCUT2D eigenvalue weighted by Gasteiger charge is 2.31. The van der Waals surface area contributed by atoms with Crippen LogP contribution in [0.4, 0.5) is 0 Å². The molecule has 0 aromatic rings. The van der Waals surface area contributed by atoms with Crippen LogP contribution in [-0.4, -0.2) is 36.1 Å². The number of hydrogen-bond acceptors (Lipinski definition) is 2. The smallest absolute Gasteiger partial charge is 0.00991 e. The fourth-order valence-electron chi connectivity index (χ4n) is 2.41. The Labute approximate surface area is 89.1 Å². The van der Waals surface area contributed by atoms with Gasteiger partial charge in [-0.05, 0) is 46.2 Å². The third-order valence-electron chi connectivity index (χ3n) is 3.19. The lowest BCUT2D eigenvalue weighted by Crippen LogP contribution is -2.39. The van der Waals surface area contributed by atoms with Crippen LogP contribution in [0, 0.1) is 0 Å². The summed E-state index contributed by atoms with van der Waals surface area (Å²) >= 11 is 0. The zero-order valence-corrected chi connectivity index (χ0v) is 10.2. The van der Waals surface area contributed by atoms with Gasteiger partial charge >= 0.3 is 0 Å². The maximum Gasteiger partial charge on any atom is 0.00991 e. The molecular weight excluding hydrogens is 172 g/mol. The van der Waals surface area contributed by atoms with Crippen molar-refractivity contribution in [3.63, 3.8) is 0 Å². The van der Waals surface area contributed by atoms with Gasteiger partial charge in [0.2, 0.25) is 0 Å². The van der Waals surface area contributed by atoms with Crippen molar-refractivity contribution in [3.8, 4) is 0 Å². The summed E-state index contributed by atoms with van der Waals surface area (Å²) in [6.45, 7) is 11.4. The highest BCUT2D eigenvalue weighted by Crippen LogP contribution is 2.29. The van der Waals surface area contributed by atoms with Gasteiger partial charge in [0, 0.05) is 18.1 Å². The second-order valence-corrected chi connectivity index (χ2v) is 4.61. The third-order valence-corrected chi connectivity index (χ3v) is 3.19. The molecule has 0 amide bonds. The summed E-state index contributed by atoms with van der Waals surface area (Å²) in [5.41, 5.74) is 0. The summed E-state index contributed by atoms with van der Waals surface area (Å²) in [5.74, 6) is 0. The van der Waals surface area contributed by atoms with Crippen LogP contribution in [0.25, 0.3) is 0 Å². The first-order valence-electron chi connectivity index (χ1n) is 6.18. The van der Waals surface area contributed by atoms with Gasteiger partial charge in [0.15, 0.2) is 0 Å². The topological polar surface area (TPSA) is 15.3 Å². The summed E-state index contributed by atoms with van der Waals surface area (Å²) in [5, 5.41) is 3.49. The lowest BCUT2D eigenvalue weighted by Gasteiger charge is -2.30. The Morgan fingerprint density at radius 1 is 1.29 bits per heavy atom. The van der Waals surface area contributed by atoms with E-state index in [2.05, 4.69) is 37.9 Å². The molecule has 1 aliphatic carbocycles. The first-order chi connectivity index (χ1) is 6.69. The van der Waals surface area contributed by atoms with E-state index < -0.39 is 0 Å². The molecule has 1 fully saturated rings. The first-order valence-corrected chi connectivity index (χ1v) is 6.18. The average Bonchev–Trinajstić information content (AvgIpc) is 2.89. The van der Waals surface area contributed by atoms with Crippen molar-refractivity contribution in [1.29, 1.82) is 0 Å². The van der Waals surface area contributed by atoms with Crippen LogP contribution in [0.15, 0.2) is 0 Å². The Kier molecular flexibility index (Phi) is 4.90. The van der Waals surface area contributed by atoms with E-state index in [4.69, 9.17) is 0 Å². The molecule has 0 spiro atoms. The van der Waals surface area contributed by atoms with Crippen molar-refractivity contribution in [3.05, 3.63) is 0 Å². The fraction of sp³-hybridized carbons (Fsp3) is 1.00. The van der Waals surface area contributed by atoms with Crippen LogP contribution in [-0.2, 0) is 0 Å². The van der Waals surface area contributed by atoms with Gasteiger partial charge in [-0.3, -0.25) is 4.90 Å². The van der Waals surface area contributed by atoms with Gasteiger partial charge < -0.3 is 5.32 Å². The van der Waals surface area contributed by atoms with E-state index in [0.717, 1.165) is 18.6 Å². The molecule has 2 unspecified atom stereocenters. The zero-order chi connectivity index (χ0) is 10.6. The molecule has 84 valence electrons. The lowest BCUT2D eigenvalue weighted by molar-refractivity contribution is 0.189. The molecule has 1 N–H and O–H groups in total. The molecule has 1 aliphatic rings. The molecule has 0 saturated heterocycles. The van der Waals surface area contributed by atoms with Crippen molar-refractivity contribution in [2.24, 2.45) is 0 Å². The van der Waals surface area contributed by atoms with Crippen LogP contribution in [0.1, 0.15) is 47.0 Å². The number of nitrogens with one attached hydrogen (secondary N) is 1. The Morgan fingerprint density at radius 3 is 2.36 bits per heavy atom. The van der Waals surface area contributed by atoms with Crippen LogP contribution in [0.3, 0.4) is 0 Å². The van der Waals surface area contributed by atoms with Gasteiger partial charge in [0.1, 0.15) is 0 Å². The number of rotatable bonds is 7. The maximum absolute atomic E-state index is 3.49. The average molecular weight is 198 g/mol. The lowest BCUT2D eigenvalue weighted by atomic mass is 10.1. The molecule has 14 heavy (non-hydrogen) atoms. The van der Waals surface area contributed by atoms with E-state index in [-0.39, 0.29) is 0 Å². The van der Waals surface area contributed by atoms with Gasteiger partial charge in [0.05, 0.1) is 0 Å². The van der Waals surface area contributed by atoms with E-state index in [0.29, 0.717) is 6.04 Å². The fourth-order valence-corrected chi connectivity index (χ4v) is 2.41. The van der Waals surface area contributed by atoms with Crippen molar-refractivity contribution >= 4 is 0 Å². The van der Waals surface area contributed by atoms with Gasteiger partial charge in [0.25, 0.3) is 0 Å². The summed E-state index contributed by atoms with van der Waals surface area (Å²) in [6.07, 6.45) is 4.12. The Morgan fingerprint density at radius 2 is 1.93 bits per heavy atom. The Bertz CT molecular complexity index is 154. The first kappa shape index (κ1) is 12.0. The van der Waals surface area contributed by atoms with E-state index in [1.165, 1.54) is 25.8 Å². The largest absolute Gasteiger partial charge is 0.314 e. The Balaban J connectivity index is 2.27. The molecule has 1 rings (SSSR count). The second kappa shape index (κ2) is 5.72. The molecule has 0 bridgehead atoms. The quantitative estimate of drug-likeness (QED) is 0.675.